The van der Waals surface area contributed by atoms with Gasteiger partial charge in [0.1, 0.15) is 10.8 Å². The second-order valence-electron chi connectivity index (χ2n) is 6.82. The fraction of sp³-hybridized carbons (Fsp3) is 0.556. The fourth-order valence-electron chi connectivity index (χ4n) is 2.99. The van der Waals surface area contributed by atoms with Gasteiger partial charge in [-0.3, -0.25) is 0 Å². The van der Waals surface area contributed by atoms with Crippen LogP contribution in [0.25, 0.3) is 0 Å². The van der Waals surface area contributed by atoms with Gasteiger partial charge in [0.2, 0.25) is 5.13 Å². The summed E-state index contributed by atoms with van der Waals surface area (Å²) >= 11 is 1.47. The number of aliphatic hydroxyl groups is 1. The van der Waals surface area contributed by atoms with Gasteiger partial charge in [0.05, 0.1) is 6.10 Å². The normalized spacial score (nSPS) is 17.6. The lowest BCUT2D eigenvalue weighted by Gasteiger charge is -2.31. The Morgan fingerprint density at radius 3 is 2.72 bits per heavy atom. The van der Waals surface area contributed by atoms with E-state index >= 15 is 0 Å². The van der Waals surface area contributed by atoms with E-state index in [4.69, 9.17) is 0 Å². The van der Waals surface area contributed by atoms with Gasteiger partial charge in [0, 0.05) is 19.5 Å². The summed E-state index contributed by atoms with van der Waals surface area (Å²) in [7, 11) is 0. The number of likely N-dealkylation sites (tertiary alicyclic amines) is 1. The summed E-state index contributed by atoms with van der Waals surface area (Å²) in [6.07, 6.45) is 2.64. The van der Waals surface area contributed by atoms with Gasteiger partial charge >= 0.3 is 0 Å². The Bertz CT molecular complexity index is 655. The van der Waals surface area contributed by atoms with Gasteiger partial charge in [-0.05, 0) is 49.5 Å². The SMILES string of the molecule is CC1CCN(CC(O)CNc2nnc(Cc3ccc(F)cc3)s2)CC1. The molecule has 1 atom stereocenters. The molecular formula is C18H25FN4OS. The molecule has 1 aromatic heterocycles. The van der Waals surface area contributed by atoms with Crippen molar-refractivity contribution in [1.29, 1.82) is 0 Å². The molecule has 25 heavy (non-hydrogen) atoms. The summed E-state index contributed by atoms with van der Waals surface area (Å²) in [5, 5.41) is 23.2. The third-order valence-corrected chi connectivity index (χ3v) is 5.45. The smallest absolute Gasteiger partial charge is 0.205 e. The Kier molecular flexibility index (Phi) is 6.34. The highest BCUT2D eigenvalue weighted by Crippen LogP contribution is 2.19. The molecule has 0 spiro atoms. The minimum atomic E-state index is -0.419. The number of benzene rings is 1. The van der Waals surface area contributed by atoms with Gasteiger partial charge in [0.25, 0.3) is 0 Å². The molecule has 0 aliphatic carbocycles. The summed E-state index contributed by atoms with van der Waals surface area (Å²) in [5.41, 5.74) is 1.00. The number of nitrogens with one attached hydrogen (secondary N) is 1. The molecule has 1 unspecified atom stereocenters. The van der Waals surface area contributed by atoms with Crippen LogP contribution >= 0.6 is 11.3 Å². The van der Waals surface area contributed by atoms with Crippen LogP contribution in [0.4, 0.5) is 9.52 Å². The minimum absolute atomic E-state index is 0.236. The summed E-state index contributed by atoms with van der Waals surface area (Å²) in [6, 6.07) is 6.42. The zero-order chi connectivity index (χ0) is 17.6. The van der Waals surface area contributed by atoms with Crippen molar-refractivity contribution in [2.75, 3.05) is 31.5 Å². The van der Waals surface area contributed by atoms with Gasteiger partial charge in [-0.25, -0.2) is 4.39 Å². The number of halogens is 1. The lowest BCUT2D eigenvalue weighted by Crippen LogP contribution is -2.40. The first-order valence-electron chi connectivity index (χ1n) is 8.79. The van der Waals surface area contributed by atoms with Gasteiger partial charge < -0.3 is 15.3 Å². The van der Waals surface area contributed by atoms with Gasteiger partial charge in [-0.2, -0.15) is 0 Å². The van der Waals surface area contributed by atoms with Crippen molar-refractivity contribution in [3.63, 3.8) is 0 Å². The van der Waals surface area contributed by atoms with Crippen molar-refractivity contribution in [3.8, 4) is 0 Å². The highest BCUT2D eigenvalue weighted by molar-refractivity contribution is 7.15. The quantitative estimate of drug-likeness (QED) is 0.791. The van der Waals surface area contributed by atoms with Crippen LogP contribution in [0.1, 0.15) is 30.3 Å². The molecule has 2 N–H and O–H groups in total. The van der Waals surface area contributed by atoms with Crippen LogP contribution in [0.3, 0.4) is 0 Å². The highest BCUT2D eigenvalue weighted by atomic mass is 32.1. The van der Waals surface area contributed by atoms with Crippen LogP contribution in [-0.2, 0) is 6.42 Å². The Labute approximate surface area is 151 Å². The van der Waals surface area contributed by atoms with E-state index in [9.17, 15) is 9.50 Å². The van der Waals surface area contributed by atoms with E-state index in [1.807, 2.05) is 0 Å². The second-order valence-corrected chi connectivity index (χ2v) is 7.88. The van der Waals surface area contributed by atoms with Crippen LogP contribution in [0, 0.1) is 11.7 Å². The van der Waals surface area contributed by atoms with Crippen LogP contribution in [-0.4, -0.2) is 52.5 Å². The summed E-state index contributed by atoms with van der Waals surface area (Å²) in [5.74, 6) is 0.563. The van der Waals surface area contributed by atoms with Crippen LogP contribution < -0.4 is 5.32 Å². The van der Waals surface area contributed by atoms with Crippen molar-refractivity contribution >= 4 is 16.5 Å². The zero-order valence-electron chi connectivity index (χ0n) is 14.5. The molecule has 1 fully saturated rings. The van der Waals surface area contributed by atoms with E-state index < -0.39 is 6.10 Å². The summed E-state index contributed by atoms with van der Waals surface area (Å²) in [6.45, 7) is 5.59. The maximum absolute atomic E-state index is 12.9. The number of hydrogen-bond acceptors (Lipinski definition) is 6. The van der Waals surface area contributed by atoms with E-state index in [1.54, 1.807) is 12.1 Å². The molecule has 0 amide bonds. The maximum atomic E-state index is 12.9. The number of aromatic nitrogens is 2. The zero-order valence-corrected chi connectivity index (χ0v) is 15.3. The lowest BCUT2D eigenvalue weighted by atomic mass is 9.99. The summed E-state index contributed by atoms with van der Waals surface area (Å²) < 4.78 is 12.9. The molecule has 0 bridgehead atoms. The molecule has 3 rings (SSSR count). The average Bonchev–Trinajstić information content (AvgIpc) is 3.05. The molecule has 136 valence electrons. The largest absolute Gasteiger partial charge is 0.390 e. The number of anilines is 1. The topological polar surface area (TPSA) is 61.3 Å². The predicted octanol–water partition coefficient (Wildman–Crippen LogP) is 2.77. The number of hydrogen-bond donors (Lipinski definition) is 2. The monoisotopic (exact) mass is 364 g/mol. The molecule has 1 aromatic carbocycles. The van der Waals surface area contributed by atoms with Gasteiger partial charge in [0.15, 0.2) is 0 Å². The number of nitrogens with zero attached hydrogens (tertiary/aromatic N) is 3. The number of β-amino-alcohol motifs (C(OH)–C–C–N with tert-alkyl or cyclic N) is 1. The highest BCUT2D eigenvalue weighted by Gasteiger charge is 2.18. The molecule has 5 nitrogen and oxygen atoms in total. The van der Waals surface area contributed by atoms with Gasteiger partial charge in [-0.15, -0.1) is 10.2 Å². The molecule has 0 saturated carbocycles. The Morgan fingerprint density at radius 1 is 1.28 bits per heavy atom. The number of rotatable bonds is 7. The van der Waals surface area contributed by atoms with Crippen LogP contribution in [0.15, 0.2) is 24.3 Å². The average molecular weight is 364 g/mol. The Balaban J connectivity index is 1.42. The third kappa shape index (κ3) is 5.73. The molecule has 1 aliphatic rings. The van der Waals surface area contributed by atoms with E-state index in [2.05, 4.69) is 27.3 Å². The molecule has 0 radical (unpaired) electrons. The first-order chi connectivity index (χ1) is 12.1. The number of aliphatic hydroxyl groups excluding tert-OH is 1. The summed E-state index contributed by atoms with van der Waals surface area (Å²) in [4.78, 5) is 2.33. The molecule has 7 heteroatoms. The Hall–Kier alpha value is -1.57. The molecular weight excluding hydrogens is 339 g/mol. The third-order valence-electron chi connectivity index (χ3n) is 4.57. The minimum Gasteiger partial charge on any atom is -0.390 e. The van der Waals surface area contributed by atoms with E-state index in [0.29, 0.717) is 24.6 Å². The van der Waals surface area contributed by atoms with Crippen molar-refractivity contribution in [2.24, 2.45) is 5.92 Å². The van der Waals surface area contributed by atoms with Crippen molar-refractivity contribution in [2.45, 2.75) is 32.3 Å². The van der Waals surface area contributed by atoms with Crippen molar-refractivity contribution < 1.29 is 9.50 Å². The van der Waals surface area contributed by atoms with Crippen molar-refractivity contribution in [3.05, 3.63) is 40.7 Å². The fourth-order valence-corrected chi connectivity index (χ4v) is 3.77. The maximum Gasteiger partial charge on any atom is 0.205 e. The standard InChI is InChI=1S/C18H25FN4OS/c1-13-6-8-23(9-7-13)12-16(24)11-20-18-22-21-17(25-18)10-14-2-4-15(19)5-3-14/h2-5,13,16,24H,6-12H2,1H3,(H,20,22). The molecule has 2 aromatic rings. The lowest BCUT2D eigenvalue weighted by molar-refractivity contribution is 0.0990. The molecule has 2 heterocycles. The Morgan fingerprint density at radius 2 is 2.00 bits per heavy atom. The van der Waals surface area contributed by atoms with Crippen molar-refractivity contribution in [1.82, 2.24) is 15.1 Å². The second kappa shape index (κ2) is 8.69. The molecule has 1 aliphatic heterocycles. The van der Waals surface area contributed by atoms with E-state index in [0.717, 1.165) is 29.6 Å². The van der Waals surface area contributed by atoms with E-state index in [1.165, 1.54) is 36.3 Å². The van der Waals surface area contributed by atoms with Gasteiger partial charge in [-0.1, -0.05) is 30.4 Å². The predicted molar refractivity (Wildman–Crippen MR) is 98.4 cm³/mol. The number of piperidine rings is 1. The van der Waals surface area contributed by atoms with E-state index in [-0.39, 0.29) is 5.82 Å². The first-order valence-corrected chi connectivity index (χ1v) is 9.61. The first kappa shape index (κ1) is 18.2. The molecule has 1 saturated heterocycles. The van der Waals surface area contributed by atoms with Crippen LogP contribution in [0.2, 0.25) is 0 Å². The van der Waals surface area contributed by atoms with Crippen LogP contribution in [0.5, 0.6) is 0 Å².